The lowest BCUT2D eigenvalue weighted by molar-refractivity contribution is -0.128. The van der Waals surface area contributed by atoms with E-state index in [1.807, 2.05) is 18.2 Å². The molecule has 1 atom stereocenters. The van der Waals surface area contributed by atoms with Crippen molar-refractivity contribution in [2.45, 2.75) is 39.0 Å². The zero-order valence-corrected chi connectivity index (χ0v) is 15.3. The number of hydrogen-bond acceptors (Lipinski definition) is 6. The molecular weight excluding hydrogens is 342 g/mol. The number of aliphatic hydroxyl groups is 1. The Kier molecular flexibility index (Phi) is 7.85. The zero-order chi connectivity index (χ0) is 19.7. The number of carbonyl (C=O) groups excluding carboxylic acids is 3. The number of nitrogens with one attached hydrogen (secondary N) is 2. The molecular formula is C17H25N3O6. The first kappa shape index (κ1) is 21.2. The van der Waals surface area contributed by atoms with Gasteiger partial charge in [-0.15, -0.1) is 0 Å². The van der Waals surface area contributed by atoms with Crippen LogP contribution in [-0.4, -0.2) is 53.5 Å². The van der Waals surface area contributed by atoms with E-state index in [1.54, 1.807) is 32.9 Å². The second-order valence-electron chi connectivity index (χ2n) is 6.46. The average molecular weight is 367 g/mol. The molecule has 0 unspecified atom stereocenters. The van der Waals surface area contributed by atoms with Gasteiger partial charge < -0.3 is 19.9 Å². The molecule has 9 heteroatoms. The summed E-state index contributed by atoms with van der Waals surface area (Å²) >= 11 is 0. The van der Waals surface area contributed by atoms with Crippen molar-refractivity contribution in [1.82, 2.24) is 15.8 Å². The molecule has 0 aliphatic rings. The SMILES string of the molecule is CN(NC(=O)[C@H](CO)NC(=O)OC(C)(C)C)C(=O)OCc1ccccc1. The van der Waals surface area contributed by atoms with Crippen molar-refractivity contribution in [3.8, 4) is 0 Å². The monoisotopic (exact) mass is 367 g/mol. The molecule has 144 valence electrons. The number of amides is 3. The summed E-state index contributed by atoms with van der Waals surface area (Å²) in [6, 6.07) is 7.75. The Bertz CT molecular complexity index is 615. The summed E-state index contributed by atoms with van der Waals surface area (Å²) in [6.07, 6.45) is -1.66. The first-order chi connectivity index (χ1) is 12.1. The Morgan fingerprint density at radius 1 is 1.19 bits per heavy atom. The number of hydrogen-bond donors (Lipinski definition) is 3. The van der Waals surface area contributed by atoms with Crippen LogP contribution in [0.1, 0.15) is 26.3 Å². The van der Waals surface area contributed by atoms with E-state index in [0.29, 0.717) is 0 Å². The summed E-state index contributed by atoms with van der Waals surface area (Å²) in [5, 5.41) is 12.3. The summed E-state index contributed by atoms with van der Waals surface area (Å²) in [5.74, 6) is -0.794. The van der Waals surface area contributed by atoms with Crippen molar-refractivity contribution in [3.63, 3.8) is 0 Å². The molecule has 0 radical (unpaired) electrons. The standard InChI is InChI=1S/C17H25N3O6/c1-17(2,3)26-15(23)18-13(10-21)14(22)19-20(4)16(24)25-11-12-8-6-5-7-9-12/h5-9,13,21H,10-11H2,1-4H3,(H,18,23)(H,19,22)/t13-/m0/s1. The molecule has 0 bridgehead atoms. The van der Waals surface area contributed by atoms with Crippen LogP contribution < -0.4 is 10.7 Å². The predicted molar refractivity (Wildman–Crippen MR) is 92.8 cm³/mol. The number of ether oxygens (including phenoxy) is 2. The highest BCUT2D eigenvalue weighted by Crippen LogP contribution is 2.07. The second kappa shape index (κ2) is 9.62. The number of rotatable bonds is 5. The number of nitrogens with zero attached hydrogens (tertiary/aromatic N) is 1. The van der Waals surface area contributed by atoms with Crippen molar-refractivity contribution >= 4 is 18.1 Å². The van der Waals surface area contributed by atoms with Gasteiger partial charge in [0.25, 0.3) is 5.91 Å². The highest BCUT2D eigenvalue weighted by Gasteiger charge is 2.25. The van der Waals surface area contributed by atoms with Crippen molar-refractivity contribution < 1.29 is 29.0 Å². The van der Waals surface area contributed by atoms with Crippen LogP contribution in [0.5, 0.6) is 0 Å². The van der Waals surface area contributed by atoms with Gasteiger partial charge in [0.15, 0.2) is 0 Å². The second-order valence-corrected chi connectivity index (χ2v) is 6.46. The van der Waals surface area contributed by atoms with Gasteiger partial charge in [0.05, 0.1) is 6.61 Å². The van der Waals surface area contributed by atoms with E-state index in [-0.39, 0.29) is 6.61 Å². The topological polar surface area (TPSA) is 117 Å². The van der Waals surface area contributed by atoms with E-state index < -0.39 is 36.3 Å². The molecule has 3 N–H and O–H groups in total. The molecule has 1 aromatic carbocycles. The lowest BCUT2D eigenvalue weighted by Crippen LogP contribution is -2.54. The fraction of sp³-hybridized carbons (Fsp3) is 0.471. The molecule has 0 heterocycles. The number of alkyl carbamates (subject to hydrolysis) is 1. The minimum Gasteiger partial charge on any atom is -0.444 e. The van der Waals surface area contributed by atoms with Crippen LogP contribution in [0.3, 0.4) is 0 Å². The maximum atomic E-state index is 12.1. The molecule has 0 aliphatic heterocycles. The van der Waals surface area contributed by atoms with Gasteiger partial charge in [-0.3, -0.25) is 10.2 Å². The van der Waals surface area contributed by atoms with Gasteiger partial charge in [-0.1, -0.05) is 30.3 Å². The van der Waals surface area contributed by atoms with Gasteiger partial charge in [-0.2, -0.15) is 0 Å². The third-order valence-corrected chi connectivity index (χ3v) is 2.95. The molecule has 0 aliphatic carbocycles. The van der Waals surface area contributed by atoms with E-state index in [1.165, 1.54) is 7.05 Å². The Labute approximate surface area is 152 Å². The van der Waals surface area contributed by atoms with Crippen LogP contribution in [-0.2, 0) is 20.9 Å². The van der Waals surface area contributed by atoms with E-state index in [9.17, 15) is 19.5 Å². The summed E-state index contributed by atoms with van der Waals surface area (Å²) in [5.41, 5.74) is 2.27. The number of benzene rings is 1. The van der Waals surface area contributed by atoms with Crippen LogP contribution in [0, 0.1) is 0 Å². The molecule has 0 fully saturated rings. The molecule has 0 saturated heterocycles. The van der Waals surface area contributed by atoms with Crippen molar-refractivity contribution in [2.24, 2.45) is 0 Å². The Morgan fingerprint density at radius 3 is 2.35 bits per heavy atom. The highest BCUT2D eigenvalue weighted by atomic mass is 16.6. The maximum absolute atomic E-state index is 12.1. The Hall–Kier alpha value is -2.81. The Morgan fingerprint density at radius 2 is 1.81 bits per heavy atom. The van der Waals surface area contributed by atoms with E-state index in [4.69, 9.17) is 9.47 Å². The van der Waals surface area contributed by atoms with Gasteiger partial charge in [0, 0.05) is 7.05 Å². The zero-order valence-electron chi connectivity index (χ0n) is 15.3. The normalized spacial score (nSPS) is 11.9. The predicted octanol–water partition coefficient (Wildman–Crippen LogP) is 1.17. The van der Waals surface area contributed by atoms with E-state index in [0.717, 1.165) is 10.6 Å². The molecule has 1 rings (SSSR count). The van der Waals surface area contributed by atoms with Gasteiger partial charge in [0.2, 0.25) is 0 Å². The van der Waals surface area contributed by atoms with Gasteiger partial charge >= 0.3 is 12.2 Å². The maximum Gasteiger partial charge on any atom is 0.428 e. The van der Waals surface area contributed by atoms with Crippen LogP contribution >= 0.6 is 0 Å². The minimum atomic E-state index is -1.28. The number of carbonyl (C=O) groups is 3. The third kappa shape index (κ3) is 7.84. The van der Waals surface area contributed by atoms with E-state index >= 15 is 0 Å². The highest BCUT2D eigenvalue weighted by molar-refractivity contribution is 5.87. The molecule has 26 heavy (non-hydrogen) atoms. The van der Waals surface area contributed by atoms with Gasteiger partial charge in [0.1, 0.15) is 18.2 Å². The molecule has 9 nitrogen and oxygen atoms in total. The largest absolute Gasteiger partial charge is 0.444 e. The summed E-state index contributed by atoms with van der Waals surface area (Å²) in [4.78, 5) is 35.6. The van der Waals surface area contributed by atoms with Crippen molar-refractivity contribution in [3.05, 3.63) is 35.9 Å². The number of aliphatic hydroxyl groups excluding tert-OH is 1. The van der Waals surface area contributed by atoms with Crippen LogP contribution in [0.15, 0.2) is 30.3 Å². The van der Waals surface area contributed by atoms with E-state index in [2.05, 4.69) is 10.7 Å². The third-order valence-electron chi connectivity index (χ3n) is 2.95. The fourth-order valence-corrected chi connectivity index (χ4v) is 1.75. The number of hydrazine groups is 1. The fourth-order valence-electron chi connectivity index (χ4n) is 1.75. The summed E-state index contributed by atoms with van der Waals surface area (Å²) in [6.45, 7) is 4.36. The lowest BCUT2D eigenvalue weighted by atomic mass is 10.2. The molecule has 0 aromatic heterocycles. The van der Waals surface area contributed by atoms with Crippen molar-refractivity contribution in [2.75, 3.05) is 13.7 Å². The molecule has 0 spiro atoms. The smallest absolute Gasteiger partial charge is 0.428 e. The first-order valence-corrected chi connectivity index (χ1v) is 7.97. The average Bonchev–Trinajstić information content (AvgIpc) is 2.56. The van der Waals surface area contributed by atoms with Gasteiger partial charge in [-0.25, -0.2) is 14.6 Å². The van der Waals surface area contributed by atoms with Crippen molar-refractivity contribution in [1.29, 1.82) is 0 Å². The lowest BCUT2D eigenvalue weighted by Gasteiger charge is -2.24. The molecule has 1 aromatic rings. The van der Waals surface area contributed by atoms with Gasteiger partial charge in [-0.05, 0) is 26.3 Å². The minimum absolute atomic E-state index is 0.0411. The molecule has 3 amide bonds. The van der Waals surface area contributed by atoms with Crippen LogP contribution in [0.25, 0.3) is 0 Å². The first-order valence-electron chi connectivity index (χ1n) is 7.97. The Balaban J connectivity index is 2.49. The summed E-state index contributed by atoms with van der Waals surface area (Å²) < 4.78 is 10.1. The summed E-state index contributed by atoms with van der Waals surface area (Å²) in [7, 11) is 1.28. The molecule has 0 saturated carbocycles. The van der Waals surface area contributed by atoms with Crippen LogP contribution in [0.2, 0.25) is 0 Å². The quantitative estimate of drug-likeness (QED) is 0.673. The van der Waals surface area contributed by atoms with Crippen LogP contribution in [0.4, 0.5) is 9.59 Å².